The summed E-state index contributed by atoms with van der Waals surface area (Å²) in [6.45, 7) is 4.22. The van der Waals surface area contributed by atoms with Crippen LogP contribution in [-0.4, -0.2) is 31.3 Å². The van der Waals surface area contributed by atoms with E-state index in [1.807, 2.05) is 6.07 Å². The van der Waals surface area contributed by atoms with E-state index >= 15 is 0 Å². The molecule has 1 fully saturated rings. The number of methoxy groups -OCH3 is 1. The molecule has 1 unspecified atom stereocenters. The summed E-state index contributed by atoms with van der Waals surface area (Å²) in [5.41, 5.74) is 6.65. The summed E-state index contributed by atoms with van der Waals surface area (Å²) in [6, 6.07) is 2.48. The van der Waals surface area contributed by atoms with Gasteiger partial charge in [-0.2, -0.15) is 0 Å². The number of halogens is 1. The Kier molecular flexibility index (Phi) is 5.02. The Morgan fingerprint density at radius 3 is 2.89 bits per heavy atom. The number of nitrogens with zero attached hydrogens (tertiary/aromatic N) is 2. The summed E-state index contributed by atoms with van der Waals surface area (Å²) in [5.74, 6) is 1.72. The molecule has 0 aliphatic heterocycles. The molecule has 0 radical (unpaired) electrons. The predicted octanol–water partition coefficient (Wildman–Crippen LogP) is 2.45. The van der Waals surface area contributed by atoms with Crippen molar-refractivity contribution >= 4 is 17.4 Å². The van der Waals surface area contributed by atoms with Crippen LogP contribution in [-0.2, 0) is 11.3 Å². The van der Waals surface area contributed by atoms with Gasteiger partial charge in [0.15, 0.2) is 0 Å². The lowest BCUT2D eigenvalue weighted by Crippen LogP contribution is -2.38. The van der Waals surface area contributed by atoms with E-state index < -0.39 is 0 Å². The fourth-order valence-corrected chi connectivity index (χ4v) is 2.51. The monoisotopic (exact) mass is 283 g/mol. The highest BCUT2D eigenvalue weighted by Crippen LogP contribution is 2.36. The van der Waals surface area contributed by atoms with Gasteiger partial charge in [-0.3, -0.25) is 0 Å². The maximum absolute atomic E-state index is 6.07. The van der Waals surface area contributed by atoms with Crippen molar-refractivity contribution in [2.45, 2.75) is 32.4 Å². The molecule has 1 heterocycles. The second kappa shape index (κ2) is 6.55. The highest BCUT2D eigenvalue weighted by Gasteiger charge is 2.32. The first-order chi connectivity index (χ1) is 9.17. The van der Waals surface area contributed by atoms with E-state index in [-0.39, 0.29) is 0 Å². The number of nitrogens with two attached hydrogens (primary N) is 1. The molecule has 0 amide bonds. The van der Waals surface area contributed by atoms with E-state index in [4.69, 9.17) is 22.1 Å². The van der Waals surface area contributed by atoms with E-state index in [9.17, 15) is 0 Å². The molecule has 0 spiro atoms. The van der Waals surface area contributed by atoms with Crippen LogP contribution in [0.2, 0.25) is 5.02 Å². The quantitative estimate of drug-likeness (QED) is 0.835. The minimum Gasteiger partial charge on any atom is -0.383 e. The third kappa shape index (κ3) is 3.59. The van der Waals surface area contributed by atoms with Crippen molar-refractivity contribution in [1.82, 2.24) is 4.98 Å². The summed E-state index contributed by atoms with van der Waals surface area (Å²) >= 11 is 6.07. The highest BCUT2D eigenvalue weighted by atomic mass is 35.5. The second-order valence-electron chi connectivity index (χ2n) is 5.10. The molecule has 5 heteroatoms. The first-order valence-corrected chi connectivity index (χ1v) is 7.15. The van der Waals surface area contributed by atoms with E-state index in [0.717, 1.165) is 23.8 Å². The second-order valence-corrected chi connectivity index (χ2v) is 5.51. The summed E-state index contributed by atoms with van der Waals surface area (Å²) in [5, 5.41) is 0.636. The van der Waals surface area contributed by atoms with Gasteiger partial charge in [0.05, 0.1) is 11.6 Å². The van der Waals surface area contributed by atoms with Crippen LogP contribution >= 0.6 is 11.6 Å². The SMILES string of the molecule is COCCN(c1cc(CN)c(Cl)cn1)C(C)C1CC1. The lowest BCUT2D eigenvalue weighted by atomic mass is 10.1. The van der Waals surface area contributed by atoms with Gasteiger partial charge in [0.25, 0.3) is 0 Å². The number of anilines is 1. The van der Waals surface area contributed by atoms with E-state index in [0.29, 0.717) is 24.2 Å². The number of pyridine rings is 1. The summed E-state index contributed by atoms with van der Waals surface area (Å²) < 4.78 is 5.20. The zero-order chi connectivity index (χ0) is 13.8. The molecule has 4 nitrogen and oxygen atoms in total. The van der Waals surface area contributed by atoms with E-state index in [1.54, 1.807) is 13.3 Å². The van der Waals surface area contributed by atoms with Crippen molar-refractivity contribution in [3.8, 4) is 0 Å². The van der Waals surface area contributed by atoms with Gasteiger partial charge in [-0.1, -0.05) is 11.6 Å². The standard InChI is InChI=1S/C14H22ClN3O/c1-10(11-3-4-11)18(5-6-19-2)14-7-12(8-16)13(15)9-17-14/h7,9-11H,3-6,8,16H2,1-2H3. The molecule has 1 aromatic rings. The van der Waals surface area contributed by atoms with Crippen molar-refractivity contribution < 1.29 is 4.74 Å². The van der Waals surface area contributed by atoms with Gasteiger partial charge in [0.2, 0.25) is 0 Å². The van der Waals surface area contributed by atoms with Gasteiger partial charge in [-0.05, 0) is 37.3 Å². The number of hydrogen-bond acceptors (Lipinski definition) is 4. The molecular weight excluding hydrogens is 262 g/mol. The van der Waals surface area contributed by atoms with Crippen molar-refractivity contribution in [3.05, 3.63) is 22.8 Å². The Morgan fingerprint density at radius 1 is 1.58 bits per heavy atom. The lowest BCUT2D eigenvalue weighted by Gasteiger charge is -2.30. The number of hydrogen-bond donors (Lipinski definition) is 1. The van der Waals surface area contributed by atoms with Gasteiger partial charge >= 0.3 is 0 Å². The third-order valence-corrected chi connectivity index (χ3v) is 4.11. The molecule has 106 valence electrons. The fourth-order valence-electron chi connectivity index (χ4n) is 2.33. The van der Waals surface area contributed by atoms with Crippen molar-refractivity contribution in [1.29, 1.82) is 0 Å². The minimum absolute atomic E-state index is 0.435. The minimum atomic E-state index is 0.435. The van der Waals surface area contributed by atoms with Crippen LogP contribution in [0.4, 0.5) is 5.82 Å². The smallest absolute Gasteiger partial charge is 0.129 e. The average Bonchev–Trinajstić information content (AvgIpc) is 3.24. The van der Waals surface area contributed by atoms with Gasteiger partial charge in [0.1, 0.15) is 5.82 Å². The van der Waals surface area contributed by atoms with Gasteiger partial charge in [-0.25, -0.2) is 4.98 Å². The van der Waals surface area contributed by atoms with E-state index in [2.05, 4.69) is 16.8 Å². The van der Waals surface area contributed by atoms with Crippen molar-refractivity contribution in [2.75, 3.05) is 25.2 Å². The van der Waals surface area contributed by atoms with Crippen LogP contribution in [0.1, 0.15) is 25.3 Å². The molecule has 2 N–H and O–H groups in total. The number of rotatable bonds is 7. The number of ether oxygens (including phenoxy) is 1. The maximum atomic E-state index is 6.07. The van der Waals surface area contributed by atoms with E-state index in [1.165, 1.54) is 12.8 Å². The zero-order valence-corrected chi connectivity index (χ0v) is 12.4. The molecule has 0 saturated heterocycles. The van der Waals surface area contributed by atoms with Gasteiger partial charge in [-0.15, -0.1) is 0 Å². The van der Waals surface area contributed by atoms with Crippen LogP contribution in [0.3, 0.4) is 0 Å². The average molecular weight is 284 g/mol. The Bertz CT molecular complexity index is 423. The number of aromatic nitrogens is 1. The van der Waals surface area contributed by atoms with Crippen LogP contribution in [0.25, 0.3) is 0 Å². The van der Waals surface area contributed by atoms with Gasteiger partial charge in [0, 0.05) is 32.4 Å². The first kappa shape index (κ1) is 14.6. The van der Waals surface area contributed by atoms with Crippen molar-refractivity contribution in [3.63, 3.8) is 0 Å². The summed E-state index contributed by atoms with van der Waals surface area (Å²) in [4.78, 5) is 6.76. The normalized spacial score (nSPS) is 16.4. The molecule has 1 saturated carbocycles. The molecule has 2 rings (SSSR count). The molecule has 1 aliphatic carbocycles. The predicted molar refractivity (Wildman–Crippen MR) is 78.5 cm³/mol. The topological polar surface area (TPSA) is 51.4 Å². The van der Waals surface area contributed by atoms with Crippen LogP contribution in [0.5, 0.6) is 0 Å². The van der Waals surface area contributed by atoms with Crippen LogP contribution < -0.4 is 10.6 Å². The Morgan fingerprint density at radius 2 is 2.32 bits per heavy atom. The first-order valence-electron chi connectivity index (χ1n) is 6.77. The summed E-state index contributed by atoms with van der Waals surface area (Å²) in [6.07, 6.45) is 4.31. The largest absolute Gasteiger partial charge is 0.383 e. The molecule has 1 atom stereocenters. The molecule has 1 aliphatic rings. The Hall–Kier alpha value is -0.840. The molecule has 0 aromatic carbocycles. The van der Waals surface area contributed by atoms with Gasteiger partial charge < -0.3 is 15.4 Å². The molecule has 0 bridgehead atoms. The fraction of sp³-hybridized carbons (Fsp3) is 0.643. The van der Waals surface area contributed by atoms with Crippen LogP contribution in [0.15, 0.2) is 12.3 Å². The summed E-state index contributed by atoms with van der Waals surface area (Å²) in [7, 11) is 1.72. The zero-order valence-electron chi connectivity index (χ0n) is 11.6. The lowest BCUT2D eigenvalue weighted by molar-refractivity contribution is 0.202. The van der Waals surface area contributed by atoms with Crippen molar-refractivity contribution in [2.24, 2.45) is 11.7 Å². The molecule has 1 aromatic heterocycles. The highest BCUT2D eigenvalue weighted by molar-refractivity contribution is 6.31. The van der Waals surface area contributed by atoms with Crippen LogP contribution in [0, 0.1) is 5.92 Å². The molecule has 19 heavy (non-hydrogen) atoms. The molecular formula is C14H22ClN3O. The third-order valence-electron chi connectivity index (χ3n) is 3.77. The Balaban J connectivity index is 2.20. The maximum Gasteiger partial charge on any atom is 0.129 e. The Labute approximate surface area is 119 Å².